The number of nitrogens with zero attached hydrogens (tertiary/aromatic N) is 1. The lowest BCUT2D eigenvalue weighted by atomic mass is 9.84. The molecule has 1 saturated heterocycles. The molecule has 1 heterocycles. The quantitative estimate of drug-likeness (QED) is 0.913. The maximum atomic E-state index is 3.50. The fourth-order valence-corrected chi connectivity index (χ4v) is 4.06. The minimum Gasteiger partial charge on any atom is -0.314 e. The monoisotopic (exact) mass is 286 g/mol. The molecule has 2 nitrogen and oxygen atoms in total. The lowest BCUT2D eigenvalue weighted by Crippen LogP contribution is -2.46. The molecule has 1 N–H and O–H groups in total. The lowest BCUT2D eigenvalue weighted by molar-refractivity contribution is 0.155. The largest absolute Gasteiger partial charge is 0.314 e. The van der Waals surface area contributed by atoms with Gasteiger partial charge in [0.25, 0.3) is 0 Å². The predicted octanol–water partition coefficient (Wildman–Crippen LogP) is 3.59. The molecule has 1 aromatic rings. The van der Waals surface area contributed by atoms with Crippen molar-refractivity contribution in [1.29, 1.82) is 0 Å². The summed E-state index contributed by atoms with van der Waals surface area (Å²) in [6, 6.07) is 0.657. The Hall–Kier alpha value is -0.860. The third kappa shape index (κ3) is 2.64. The molecule has 0 unspecified atom stereocenters. The van der Waals surface area contributed by atoms with Crippen LogP contribution in [-0.4, -0.2) is 31.1 Å². The van der Waals surface area contributed by atoms with Crippen LogP contribution >= 0.6 is 0 Å². The molecule has 2 fully saturated rings. The van der Waals surface area contributed by atoms with E-state index in [4.69, 9.17) is 0 Å². The van der Waals surface area contributed by atoms with Gasteiger partial charge in [-0.3, -0.25) is 4.90 Å². The van der Waals surface area contributed by atoms with Gasteiger partial charge in [0.2, 0.25) is 0 Å². The number of hydrogen-bond acceptors (Lipinski definition) is 2. The second-order valence-electron chi connectivity index (χ2n) is 7.11. The van der Waals surface area contributed by atoms with Crippen LogP contribution in [0.2, 0.25) is 0 Å². The molecule has 0 bridgehead atoms. The van der Waals surface area contributed by atoms with Crippen molar-refractivity contribution in [2.45, 2.75) is 53.5 Å². The Balaban J connectivity index is 2.07. The standard InChI is InChI=1S/C19H30N2/c1-12-13(2)15(4)18(16(5)14(12)3)19(17-6-7-17)21-10-8-20-9-11-21/h17,19-20H,6-11H2,1-5H3/t19-/m0/s1. The molecule has 116 valence electrons. The molecular formula is C19H30N2. The summed E-state index contributed by atoms with van der Waals surface area (Å²) in [5, 5.41) is 3.50. The molecule has 1 atom stereocenters. The maximum absolute atomic E-state index is 3.50. The first-order valence-electron chi connectivity index (χ1n) is 8.54. The van der Waals surface area contributed by atoms with E-state index in [1.807, 2.05) is 0 Å². The SMILES string of the molecule is Cc1c(C)c(C)c([C@H](C2CC2)N2CCNCC2)c(C)c1C. The van der Waals surface area contributed by atoms with Crippen LogP contribution in [0.1, 0.15) is 52.3 Å². The first-order valence-corrected chi connectivity index (χ1v) is 8.54. The van der Waals surface area contributed by atoms with Crippen molar-refractivity contribution in [2.24, 2.45) is 5.92 Å². The molecule has 0 aromatic heterocycles. The molecule has 21 heavy (non-hydrogen) atoms. The molecule has 2 heteroatoms. The van der Waals surface area contributed by atoms with E-state index in [2.05, 4.69) is 44.8 Å². The molecule has 2 aliphatic rings. The first-order chi connectivity index (χ1) is 10.0. The average Bonchev–Trinajstić information content (AvgIpc) is 3.33. The molecule has 0 radical (unpaired) electrons. The van der Waals surface area contributed by atoms with E-state index in [0.717, 1.165) is 19.0 Å². The van der Waals surface area contributed by atoms with Crippen LogP contribution in [0.3, 0.4) is 0 Å². The Labute approximate surface area is 129 Å². The second-order valence-corrected chi connectivity index (χ2v) is 7.11. The summed E-state index contributed by atoms with van der Waals surface area (Å²) in [5.74, 6) is 0.891. The zero-order valence-electron chi connectivity index (χ0n) is 14.3. The van der Waals surface area contributed by atoms with Crippen LogP contribution in [0.4, 0.5) is 0 Å². The van der Waals surface area contributed by atoms with Crippen LogP contribution in [0.25, 0.3) is 0 Å². The third-order valence-corrected chi connectivity index (χ3v) is 5.97. The van der Waals surface area contributed by atoms with E-state index < -0.39 is 0 Å². The van der Waals surface area contributed by atoms with Gasteiger partial charge >= 0.3 is 0 Å². The van der Waals surface area contributed by atoms with Crippen LogP contribution in [-0.2, 0) is 0 Å². The molecule has 1 aliphatic heterocycles. The van der Waals surface area contributed by atoms with Crippen LogP contribution in [0.5, 0.6) is 0 Å². The fourth-order valence-electron chi connectivity index (χ4n) is 4.06. The van der Waals surface area contributed by atoms with E-state index in [1.165, 1.54) is 42.6 Å². The van der Waals surface area contributed by atoms with E-state index >= 15 is 0 Å². The van der Waals surface area contributed by atoms with Gasteiger partial charge in [-0.1, -0.05) is 0 Å². The summed E-state index contributed by atoms with van der Waals surface area (Å²) in [6.45, 7) is 16.3. The average molecular weight is 286 g/mol. The zero-order chi connectivity index (χ0) is 15.1. The summed E-state index contributed by atoms with van der Waals surface area (Å²) >= 11 is 0. The van der Waals surface area contributed by atoms with Crippen LogP contribution in [0.15, 0.2) is 0 Å². The topological polar surface area (TPSA) is 15.3 Å². The molecule has 1 aromatic carbocycles. The summed E-state index contributed by atoms with van der Waals surface area (Å²) in [4.78, 5) is 2.75. The van der Waals surface area contributed by atoms with Gasteiger partial charge < -0.3 is 5.32 Å². The lowest BCUT2D eigenvalue weighted by Gasteiger charge is -2.38. The van der Waals surface area contributed by atoms with Crippen LogP contribution < -0.4 is 5.32 Å². The van der Waals surface area contributed by atoms with Gasteiger partial charge in [-0.05, 0) is 86.8 Å². The van der Waals surface area contributed by atoms with Gasteiger partial charge in [0.15, 0.2) is 0 Å². The van der Waals surface area contributed by atoms with Gasteiger partial charge in [0.1, 0.15) is 0 Å². The van der Waals surface area contributed by atoms with Crippen molar-refractivity contribution in [3.8, 4) is 0 Å². The smallest absolute Gasteiger partial charge is 0.0382 e. The van der Waals surface area contributed by atoms with Gasteiger partial charge in [0, 0.05) is 32.2 Å². The van der Waals surface area contributed by atoms with Crippen molar-refractivity contribution >= 4 is 0 Å². The van der Waals surface area contributed by atoms with Gasteiger partial charge in [-0.25, -0.2) is 0 Å². The first kappa shape index (κ1) is 15.1. The van der Waals surface area contributed by atoms with Crippen molar-refractivity contribution in [2.75, 3.05) is 26.2 Å². The van der Waals surface area contributed by atoms with E-state index in [0.29, 0.717) is 6.04 Å². The summed E-state index contributed by atoms with van der Waals surface area (Å²) < 4.78 is 0. The third-order valence-electron chi connectivity index (χ3n) is 5.97. The van der Waals surface area contributed by atoms with E-state index in [-0.39, 0.29) is 0 Å². The van der Waals surface area contributed by atoms with Crippen molar-refractivity contribution in [3.05, 3.63) is 33.4 Å². The molecular weight excluding hydrogens is 256 g/mol. The maximum Gasteiger partial charge on any atom is 0.0382 e. The highest BCUT2D eigenvalue weighted by Gasteiger charge is 2.38. The molecule has 3 rings (SSSR count). The predicted molar refractivity (Wildman–Crippen MR) is 90.0 cm³/mol. The van der Waals surface area contributed by atoms with Crippen molar-refractivity contribution < 1.29 is 0 Å². The molecule has 0 spiro atoms. The Morgan fingerprint density at radius 1 is 0.810 bits per heavy atom. The minimum atomic E-state index is 0.657. The number of piperazine rings is 1. The number of hydrogen-bond donors (Lipinski definition) is 1. The number of benzene rings is 1. The fraction of sp³-hybridized carbons (Fsp3) is 0.684. The zero-order valence-corrected chi connectivity index (χ0v) is 14.3. The van der Waals surface area contributed by atoms with E-state index in [1.54, 1.807) is 16.7 Å². The van der Waals surface area contributed by atoms with Crippen LogP contribution in [0, 0.1) is 40.5 Å². The van der Waals surface area contributed by atoms with E-state index in [9.17, 15) is 0 Å². The number of rotatable bonds is 3. The Morgan fingerprint density at radius 3 is 1.76 bits per heavy atom. The highest BCUT2D eigenvalue weighted by Crippen LogP contribution is 2.47. The Kier molecular flexibility index (Phi) is 4.11. The summed E-state index contributed by atoms with van der Waals surface area (Å²) in [6.07, 6.45) is 2.83. The molecule has 0 amide bonds. The minimum absolute atomic E-state index is 0.657. The highest BCUT2D eigenvalue weighted by atomic mass is 15.2. The number of nitrogens with one attached hydrogen (secondary N) is 1. The second kappa shape index (κ2) is 5.73. The molecule has 1 aliphatic carbocycles. The Bertz CT molecular complexity index is 508. The van der Waals surface area contributed by atoms with Crippen molar-refractivity contribution in [3.63, 3.8) is 0 Å². The normalized spacial score (nSPS) is 21.6. The highest BCUT2D eigenvalue weighted by molar-refractivity contribution is 5.51. The van der Waals surface area contributed by atoms with Gasteiger partial charge in [0.05, 0.1) is 0 Å². The van der Waals surface area contributed by atoms with Gasteiger partial charge in [-0.15, -0.1) is 0 Å². The van der Waals surface area contributed by atoms with Crippen molar-refractivity contribution in [1.82, 2.24) is 10.2 Å². The molecule has 1 saturated carbocycles. The summed E-state index contributed by atoms with van der Waals surface area (Å²) in [5.41, 5.74) is 9.25. The van der Waals surface area contributed by atoms with Gasteiger partial charge in [-0.2, -0.15) is 0 Å². The Morgan fingerprint density at radius 2 is 1.29 bits per heavy atom. The summed E-state index contributed by atoms with van der Waals surface area (Å²) in [7, 11) is 0.